The fourth-order valence-corrected chi connectivity index (χ4v) is 1.63. The molecular formula is C15H26N2O2. The van der Waals surface area contributed by atoms with Crippen LogP contribution < -0.4 is 0 Å². The van der Waals surface area contributed by atoms with E-state index in [1.54, 1.807) is 18.0 Å². The quantitative estimate of drug-likeness (QED) is 0.692. The number of amides is 1. The standard InChI is InChI=1S/C9H17NO.C6H9NO/c1-8(2)9(11)6-5-7-10(3)4;1-2-7-5-3-4-6(7)8/h1,5-7H2,2-4H3;2H,1,3-5H2. The van der Waals surface area contributed by atoms with Gasteiger partial charge in [0.2, 0.25) is 5.91 Å². The van der Waals surface area contributed by atoms with E-state index in [0.717, 1.165) is 25.9 Å². The Balaban J connectivity index is 0.000000356. The van der Waals surface area contributed by atoms with Crippen LogP contribution in [0.5, 0.6) is 0 Å². The summed E-state index contributed by atoms with van der Waals surface area (Å²) in [5.74, 6) is 0.395. The number of nitrogens with zero attached hydrogens (tertiary/aromatic N) is 2. The molecule has 1 amide bonds. The third-order valence-corrected chi connectivity index (χ3v) is 2.82. The van der Waals surface area contributed by atoms with Crippen LogP contribution in [0, 0.1) is 0 Å². The van der Waals surface area contributed by atoms with E-state index in [0.29, 0.717) is 18.4 Å². The maximum atomic E-state index is 11.0. The largest absolute Gasteiger partial charge is 0.320 e. The summed E-state index contributed by atoms with van der Waals surface area (Å²) in [4.78, 5) is 25.4. The van der Waals surface area contributed by atoms with Gasteiger partial charge >= 0.3 is 0 Å². The molecule has 0 radical (unpaired) electrons. The van der Waals surface area contributed by atoms with Crippen LogP contribution in [0.2, 0.25) is 0 Å². The molecule has 0 bridgehead atoms. The SMILES string of the molecule is C=C(C)C(=O)CCCN(C)C.C=CN1CCCC1=O. The highest BCUT2D eigenvalue weighted by molar-refractivity contribution is 5.93. The number of hydrogen-bond acceptors (Lipinski definition) is 3. The van der Waals surface area contributed by atoms with Gasteiger partial charge in [-0.25, -0.2) is 0 Å². The number of hydrogen-bond donors (Lipinski definition) is 0. The second-order valence-electron chi connectivity index (χ2n) is 4.98. The first-order chi connectivity index (χ1) is 8.88. The lowest BCUT2D eigenvalue weighted by molar-refractivity contribution is -0.125. The van der Waals surface area contributed by atoms with Crippen LogP contribution in [0.25, 0.3) is 0 Å². The smallest absolute Gasteiger partial charge is 0.226 e. The number of ketones is 1. The summed E-state index contributed by atoms with van der Waals surface area (Å²) in [6.07, 6.45) is 4.85. The predicted molar refractivity (Wildman–Crippen MR) is 78.8 cm³/mol. The summed E-state index contributed by atoms with van der Waals surface area (Å²) in [6, 6.07) is 0. The zero-order chi connectivity index (χ0) is 14.8. The van der Waals surface area contributed by atoms with Crippen LogP contribution in [0.15, 0.2) is 24.9 Å². The molecule has 1 fully saturated rings. The molecule has 108 valence electrons. The summed E-state index contributed by atoms with van der Waals surface area (Å²) in [5.41, 5.74) is 0.670. The van der Waals surface area contributed by atoms with Gasteiger partial charge in [-0.1, -0.05) is 13.2 Å². The predicted octanol–water partition coefficient (Wildman–Crippen LogP) is 2.23. The summed E-state index contributed by atoms with van der Waals surface area (Å²) < 4.78 is 0. The molecule has 0 N–H and O–H groups in total. The Morgan fingerprint density at radius 2 is 2.11 bits per heavy atom. The third-order valence-electron chi connectivity index (χ3n) is 2.82. The van der Waals surface area contributed by atoms with E-state index >= 15 is 0 Å². The van der Waals surface area contributed by atoms with E-state index in [2.05, 4.69) is 18.1 Å². The lowest BCUT2D eigenvalue weighted by Gasteiger charge is -2.07. The Bertz CT molecular complexity index is 335. The Morgan fingerprint density at radius 3 is 2.42 bits per heavy atom. The normalized spacial score (nSPS) is 14.1. The maximum absolute atomic E-state index is 11.0. The summed E-state index contributed by atoms with van der Waals surface area (Å²) >= 11 is 0. The van der Waals surface area contributed by atoms with E-state index in [9.17, 15) is 9.59 Å². The zero-order valence-electron chi connectivity index (χ0n) is 12.4. The number of Topliss-reactive ketones (excluding diaryl/α,β-unsaturated/α-hetero) is 1. The minimum atomic E-state index is 0.187. The second kappa shape index (κ2) is 9.50. The van der Waals surface area contributed by atoms with Crippen molar-refractivity contribution in [1.29, 1.82) is 0 Å². The van der Waals surface area contributed by atoms with Gasteiger partial charge in [0.05, 0.1) is 0 Å². The number of carbonyl (C=O) groups excluding carboxylic acids is 2. The minimum absolute atomic E-state index is 0.187. The highest BCUT2D eigenvalue weighted by Crippen LogP contribution is 2.08. The first-order valence-corrected chi connectivity index (χ1v) is 6.64. The van der Waals surface area contributed by atoms with Crippen LogP contribution in [-0.4, -0.2) is 48.7 Å². The molecule has 1 heterocycles. The fraction of sp³-hybridized carbons (Fsp3) is 0.600. The van der Waals surface area contributed by atoms with E-state index in [1.165, 1.54) is 0 Å². The molecule has 1 aliphatic rings. The van der Waals surface area contributed by atoms with E-state index in [4.69, 9.17) is 0 Å². The Labute approximate surface area is 116 Å². The van der Waals surface area contributed by atoms with Gasteiger partial charge < -0.3 is 9.80 Å². The van der Waals surface area contributed by atoms with Crippen molar-refractivity contribution in [2.45, 2.75) is 32.6 Å². The van der Waals surface area contributed by atoms with Gasteiger partial charge in [-0.2, -0.15) is 0 Å². The van der Waals surface area contributed by atoms with Crippen molar-refractivity contribution in [3.05, 3.63) is 24.9 Å². The summed E-state index contributed by atoms with van der Waals surface area (Å²) in [7, 11) is 4.01. The number of rotatable bonds is 6. The first-order valence-electron chi connectivity index (χ1n) is 6.64. The molecule has 0 aromatic heterocycles. The van der Waals surface area contributed by atoms with Crippen LogP contribution in [0.4, 0.5) is 0 Å². The highest BCUT2D eigenvalue weighted by Gasteiger charge is 2.15. The molecule has 19 heavy (non-hydrogen) atoms. The maximum Gasteiger partial charge on any atom is 0.226 e. The minimum Gasteiger partial charge on any atom is -0.320 e. The zero-order valence-corrected chi connectivity index (χ0v) is 12.4. The number of allylic oxidation sites excluding steroid dienone is 1. The van der Waals surface area contributed by atoms with Gasteiger partial charge in [0, 0.05) is 19.4 Å². The van der Waals surface area contributed by atoms with E-state index in [-0.39, 0.29) is 11.7 Å². The summed E-state index contributed by atoms with van der Waals surface area (Å²) in [6.45, 7) is 10.7. The van der Waals surface area contributed by atoms with Crippen molar-refractivity contribution in [3.63, 3.8) is 0 Å². The molecule has 0 aromatic rings. The Morgan fingerprint density at radius 1 is 1.47 bits per heavy atom. The van der Waals surface area contributed by atoms with Crippen LogP contribution >= 0.6 is 0 Å². The lowest BCUT2D eigenvalue weighted by atomic mass is 10.1. The van der Waals surface area contributed by atoms with Crippen molar-refractivity contribution in [3.8, 4) is 0 Å². The van der Waals surface area contributed by atoms with Crippen molar-refractivity contribution < 1.29 is 9.59 Å². The highest BCUT2D eigenvalue weighted by atomic mass is 16.2. The van der Waals surface area contributed by atoms with Gasteiger partial charge in [-0.05, 0) is 52.2 Å². The van der Waals surface area contributed by atoms with E-state index < -0.39 is 0 Å². The van der Waals surface area contributed by atoms with Crippen molar-refractivity contribution in [2.24, 2.45) is 0 Å². The molecule has 0 atom stereocenters. The molecule has 0 aliphatic carbocycles. The first kappa shape index (κ1) is 17.6. The van der Waals surface area contributed by atoms with Gasteiger partial charge in [0.1, 0.15) is 0 Å². The molecule has 0 aromatic carbocycles. The molecule has 4 heteroatoms. The molecule has 0 spiro atoms. The van der Waals surface area contributed by atoms with E-state index in [1.807, 2.05) is 14.1 Å². The summed E-state index contributed by atoms with van der Waals surface area (Å²) in [5, 5.41) is 0. The Kier molecular flexibility index (Phi) is 8.79. The number of likely N-dealkylation sites (tertiary alicyclic amines) is 1. The molecule has 0 unspecified atom stereocenters. The average Bonchev–Trinajstić information content (AvgIpc) is 2.74. The monoisotopic (exact) mass is 266 g/mol. The molecule has 4 nitrogen and oxygen atoms in total. The third kappa shape index (κ3) is 8.32. The van der Waals surface area contributed by atoms with Gasteiger partial charge in [-0.3, -0.25) is 9.59 Å². The fourth-order valence-electron chi connectivity index (χ4n) is 1.63. The average molecular weight is 266 g/mol. The van der Waals surface area contributed by atoms with Gasteiger partial charge in [0.25, 0.3) is 0 Å². The van der Waals surface area contributed by atoms with Crippen molar-refractivity contribution in [2.75, 3.05) is 27.2 Å². The second-order valence-corrected chi connectivity index (χ2v) is 4.98. The number of carbonyl (C=O) groups is 2. The molecular weight excluding hydrogens is 240 g/mol. The Hall–Kier alpha value is -1.42. The molecule has 1 saturated heterocycles. The molecule has 1 rings (SSSR count). The molecule has 0 saturated carbocycles. The lowest BCUT2D eigenvalue weighted by Crippen LogP contribution is -2.16. The van der Waals surface area contributed by atoms with Crippen LogP contribution in [0.3, 0.4) is 0 Å². The van der Waals surface area contributed by atoms with Crippen molar-refractivity contribution >= 4 is 11.7 Å². The van der Waals surface area contributed by atoms with Crippen LogP contribution in [0.1, 0.15) is 32.6 Å². The van der Waals surface area contributed by atoms with Gasteiger partial charge in [0.15, 0.2) is 5.78 Å². The topological polar surface area (TPSA) is 40.6 Å². The van der Waals surface area contributed by atoms with Gasteiger partial charge in [-0.15, -0.1) is 0 Å². The molecule has 1 aliphatic heterocycles. The van der Waals surface area contributed by atoms with Crippen molar-refractivity contribution in [1.82, 2.24) is 9.80 Å². The van der Waals surface area contributed by atoms with Crippen LogP contribution in [-0.2, 0) is 9.59 Å².